The highest BCUT2D eigenvalue weighted by Crippen LogP contribution is 2.61. The molecule has 0 aliphatic carbocycles. The molecule has 3 heteroatoms. The lowest BCUT2D eigenvalue weighted by Crippen LogP contribution is -2.55. The first kappa shape index (κ1) is 18.8. The molecule has 1 aromatic rings. The summed E-state index contributed by atoms with van der Waals surface area (Å²) in [7, 11) is 0. The minimum absolute atomic E-state index is 0.0483. The number of anilines is 1. The minimum atomic E-state index is -0.267. The van der Waals surface area contributed by atoms with E-state index in [1.54, 1.807) is 0 Å². The Morgan fingerprint density at radius 3 is 1.83 bits per heavy atom. The van der Waals surface area contributed by atoms with Crippen LogP contribution in [0.3, 0.4) is 0 Å². The molecule has 0 saturated carbocycles. The fourth-order valence-electron chi connectivity index (χ4n) is 4.52. The quantitative estimate of drug-likeness (QED) is 0.491. The smallest absolute Gasteiger partial charge is 0.143 e. The van der Waals surface area contributed by atoms with Gasteiger partial charge in [0.1, 0.15) is 5.82 Å². The monoisotopic (exact) mass is 383 g/mol. The van der Waals surface area contributed by atoms with Gasteiger partial charge in [-0.3, -0.25) is 0 Å². The molecule has 0 fully saturated rings. The van der Waals surface area contributed by atoms with E-state index in [1.165, 1.54) is 0 Å². The van der Waals surface area contributed by atoms with Crippen LogP contribution < -0.4 is 4.90 Å². The van der Waals surface area contributed by atoms with Gasteiger partial charge in [-0.05, 0) is 59.7 Å². The number of hydrogen-bond acceptors (Lipinski definition) is 1. The molecule has 0 amide bonds. The summed E-state index contributed by atoms with van der Waals surface area (Å²) in [6.07, 6.45) is 0. The Morgan fingerprint density at radius 1 is 0.957 bits per heavy atom. The lowest BCUT2D eigenvalue weighted by Gasteiger charge is -2.52. The Labute approximate surface area is 149 Å². The summed E-state index contributed by atoms with van der Waals surface area (Å²) in [4.78, 5) is 2.38. The van der Waals surface area contributed by atoms with Crippen LogP contribution in [0.4, 0.5) is 10.1 Å². The van der Waals surface area contributed by atoms with Crippen LogP contribution in [0.25, 0.3) is 0 Å². The predicted octanol–water partition coefficient (Wildman–Crippen LogP) is 6.54. The van der Waals surface area contributed by atoms with Crippen molar-refractivity contribution in [3.05, 3.63) is 28.0 Å². The van der Waals surface area contributed by atoms with E-state index in [1.807, 2.05) is 6.07 Å². The van der Waals surface area contributed by atoms with Gasteiger partial charge < -0.3 is 4.90 Å². The maximum absolute atomic E-state index is 15.3. The van der Waals surface area contributed by atoms with Gasteiger partial charge in [0.05, 0.1) is 4.47 Å². The van der Waals surface area contributed by atoms with Crippen LogP contribution in [-0.2, 0) is 5.41 Å². The topological polar surface area (TPSA) is 3.24 Å². The zero-order valence-corrected chi connectivity index (χ0v) is 17.7. The average Bonchev–Trinajstić information content (AvgIpc) is 2.69. The summed E-state index contributed by atoms with van der Waals surface area (Å²) in [6, 6.07) is 3.92. The second-order valence-corrected chi connectivity index (χ2v) is 10.8. The van der Waals surface area contributed by atoms with Crippen LogP contribution in [0.5, 0.6) is 0 Å². The van der Waals surface area contributed by atoms with Crippen molar-refractivity contribution in [3.63, 3.8) is 0 Å². The van der Waals surface area contributed by atoms with Gasteiger partial charge in [-0.2, -0.15) is 0 Å². The normalized spacial score (nSPS) is 18.3. The predicted molar refractivity (Wildman–Crippen MR) is 102 cm³/mol. The second kappa shape index (κ2) is 5.21. The van der Waals surface area contributed by atoms with Crippen LogP contribution in [0.15, 0.2) is 16.6 Å². The van der Waals surface area contributed by atoms with Gasteiger partial charge in [0.25, 0.3) is 0 Å². The third-order valence-corrected chi connectivity index (χ3v) is 6.17. The van der Waals surface area contributed by atoms with Crippen LogP contribution in [-0.4, -0.2) is 12.1 Å². The first-order chi connectivity index (χ1) is 10.1. The Balaban J connectivity index is 2.92. The summed E-state index contributed by atoms with van der Waals surface area (Å²) in [5, 5.41) is 0. The lowest BCUT2D eigenvalue weighted by atomic mass is 9.52. The zero-order chi connectivity index (χ0) is 18.0. The molecule has 130 valence electrons. The molecule has 0 saturated heterocycles. The van der Waals surface area contributed by atoms with Gasteiger partial charge in [0.15, 0.2) is 0 Å². The second-order valence-electron chi connectivity index (χ2n) is 9.92. The van der Waals surface area contributed by atoms with Gasteiger partial charge >= 0.3 is 0 Å². The standard InChI is InChI=1S/C20H31BrFN/c1-17(2,3)20(18(4,5)6)12-23(19(7,8)9)14-11-10-13(21)16(22)15(14)20/h10-11H,12H2,1-9H3. The largest absolute Gasteiger partial charge is 0.365 e. The number of halogens is 2. The highest BCUT2D eigenvalue weighted by atomic mass is 79.9. The molecular weight excluding hydrogens is 353 g/mol. The van der Waals surface area contributed by atoms with Crippen molar-refractivity contribution >= 4 is 21.6 Å². The van der Waals surface area contributed by atoms with Gasteiger partial charge in [-0.25, -0.2) is 4.39 Å². The summed E-state index contributed by atoms with van der Waals surface area (Å²) >= 11 is 3.41. The summed E-state index contributed by atoms with van der Waals surface area (Å²) in [6.45, 7) is 20.9. The van der Waals surface area contributed by atoms with E-state index in [4.69, 9.17) is 0 Å². The Bertz CT molecular complexity index is 600. The van der Waals surface area contributed by atoms with Gasteiger partial charge in [-0.1, -0.05) is 41.5 Å². The molecule has 0 N–H and O–H groups in total. The van der Waals surface area contributed by atoms with Crippen molar-refractivity contribution < 1.29 is 4.39 Å². The van der Waals surface area contributed by atoms with Gasteiger partial charge in [0, 0.05) is 28.7 Å². The average molecular weight is 384 g/mol. The fraction of sp³-hybridized carbons (Fsp3) is 0.700. The molecule has 1 nitrogen and oxygen atoms in total. The minimum Gasteiger partial charge on any atom is -0.365 e. The molecule has 0 unspecified atom stereocenters. The molecule has 1 aliphatic rings. The van der Waals surface area contributed by atoms with E-state index in [-0.39, 0.29) is 27.6 Å². The van der Waals surface area contributed by atoms with Gasteiger partial charge in [0.2, 0.25) is 0 Å². The highest BCUT2D eigenvalue weighted by molar-refractivity contribution is 9.10. The third kappa shape index (κ3) is 2.63. The Hall–Kier alpha value is -0.570. The summed E-state index contributed by atoms with van der Waals surface area (Å²) in [5.41, 5.74) is 1.47. The Kier molecular flexibility index (Phi) is 4.25. The van der Waals surface area contributed by atoms with E-state index >= 15 is 4.39 Å². The number of nitrogens with zero attached hydrogens (tertiary/aromatic N) is 1. The molecule has 2 rings (SSSR count). The van der Waals surface area contributed by atoms with E-state index in [0.29, 0.717) is 4.47 Å². The number of rotatable bonds is 0. The van der Waals surface area contributed by atoms with Crippen LogP contribution >= 0.6 is 15.9 Å². The molecule has 1 heterocycles. The molecule has 0 atom stereocenters. The van der Waals surface area contributed by atoms with Crippen LogP contribution in [0, 0.1) is 16.6 Å². The maximum Gasteiger partial charge on any atom is 0.143 e. The third-order valence-electron chi connectivity index (χ3n) is 5.56. The lowest BCUT2D eigenvalue weighted by molar-refractivity contribution is 0.0603. The highest BCUT2D eigenvalue weighted by Gasteiger charge is 2.59. The van der Waals surface area contributed by atoms with Gasteiger partial charge in [-0.15, -0.1) is 0 Å². The van der Waals surface area contributed by atoms with Crippen molar-refractivity contribution in [3.8, 4) is 0 Å². The SMILES string of the molecule is CC(C)(C)N1CC(C(C)(C)C)(C(C)(C)C)c2c1ccc(Br)c2F. The number of fused-ring (bicyclic) bond motifs is 1. The first-order valence-electron chi connectivity index (χ1n) is 8.41. The number of benzene rings is 1. The molecule has 0 radical (unpaired) electrons. The zero-order valence-electron chi connectivity index (χ0n) is 16.1. The molecule has 1 aliphatic heterocycles. The molecular formula is C20H31BrFN. The fourth-order valence-corrected chi connectivity index (χ4v) is 4.85. The Morgan fingerprint density at radius 2 is 1.43 bits per heavy atom. The van der Waals surface area contributed by atoms with E-state index in [2.05, 4.69) is 89.2 Å². The molecule has 23 heavy (non-hydrogen) atoms. The van der Waals surface area contributed by atoms with E-state index < -0.39 is 0 Å². The van der Waals surface area contributed by atoms with Crippen molar-refractivity contribution in [2.75, 3.05) is 11.4 Å². The van der Waals surface area contributed by atoms with E-state index in [9.17, 15) is 0 Å². The summed E-state index contributed by atoms with van der Waals surface area (Å²) in [5.74, 6) is -0.0981. The molecule has 1 aromatic carbocycles. The first-order valence-corrected chi connectivity index (χ1v) is 9.20. The van der Waals surface area contributed by atoms with Crippen molar-refractivity contribution in [2.24, 2.45) is 10.8 Å². The van der Waals surface area contributed by atoms with Crippen molar-refractivity contribution in [1.82, 2.24) is 0 Å². The summed E-state index contributed by atoms with van der Waals surface area (Å²) < 4.78 is 15.9. The molecule has 0 spiro atoms. The molecule has 0 aromatic heterocycles. The molecule has 0 bridgehead atoms. The van der Waals surface area contributed by atoms with Crippen molar-refractivity contribution in [2.45, 2.75) is 73.3 Å². The maximum atomic E-state index is 15.3. The van der Waals surface area contributed by atoms with Crippen LogP contribution in [0.1, 0.15) is 67.9 Å². The van der Waals surface area contributed by atoms with Crippen molar-refractivity contribution in [1.29, 1.82) is 0 Å². The number of hydrogen-bond donors (Lipinski definition) is 0. The van der Waals surface area contributed by atoms with Crippen LogP contribution in [0.2, 0.25) is 0 Å². The van der Waals surface area contributed by atoms with E-state index in [0.717, 1.165) is 17.8 Å².